The summed E-state index contributed by atoms with van der Waals surface area (Å²) in [7, 11) is 1.72. The highest BCUT2D eigenvalue weighted by Gasteiger charge is 2.20. The quantitative estimate of drug-likeness (QED) is 0.906. The standard InChI is InChI=1S/C17H25NO2/c1-19-16-10-9-13(15-8-4-5-11-18-15)12-17(16)20-14-6-2-3-7-14/h9-10,12,14-15,18H,2-8,11H2,1H3. The Morgan fingerprint density at radius 1 is 1.00 bits per heavy atom. The third-order valence-electron chi connectivity index (χ3n) is 4.50. The highest BCUT2D eigenvalue weighted by atomic mass is 16.5. The summed E-state index contributed by atoms with van der Waals surface area (Å²) in [4.78, 5) is 0. The molecule has 0 spiro atoms. The molecule has 1 aliphatic carbocycles. The number of rotatable bonds is 4. The molecule has 1 aromatic carbocycles. The smallest absolute Gasteiger partial charge is 0.161 e. The topological polar surface area (TPSA) is 30.5 Å². The van der Waals surface area contributed by atoms with Gasteiger partial charge < -0.3 is 14.8 Å². The molecule has 1 aromatic rings. The maximum atomic E-state index is 6.18. The Morgan fingerprint density at radius 2 is 1.80 bits per heavy atom. The maximum absolute atomic E-state index is 6.18. The van der Waals surface area contributed by atoms with Crippen molar-refractivity contribution in [2.45, 2.75) is 57.1 Å². The summed E-state index contributed by atoms with van der Waals surface area (Å²) in [6.45, 7) is 1.12. The van der Waals surface area contributed by atoms with Gasteiger partial charge in [0, 0.05) is 6.04 Å². The number of hydrogen-bond acceptors (Lipinski definition) is 3. The van der Waals surface area contributed by atoms with Crippen LogP contribution in [0.25, 0.3) is 0 Å². The fourth-order valence-corrected chi connectivity index (χ4v) is 3.32. The zero-order chi connectivity index (χ0) is 13.8. The summed E-state index contributed by atoms with van der Waals surface area (Å²) in [5.41, 5.74) is 1.33. The van der Waals surface area contributed by atoms with Crippen LogP contribution in [0.15, 0.2) is 18.2 Å². The van der Waals surface area contributed by atoms with Gasteiger partial charge in [0.25, 0.3) is 0 Å². The van der Waals surface area contributed by atoms with Crippen LogP contribution in [0.3, 0.4) is 0 Å². The fraction of sp³-hybridized carbons (Fsp3) is 0.647. The molecule has 0 amide bonds. The third kappa shape index (κ3) is 3.09. The Bertz CT molecular complexity index is 435. The highest BCUT2D eigenvalue weighted by Crippen LogP contribution is 2.35. The van der Waals surface area contributed by atoms with Crippen molar-refractivity contribution in [3.63, 3.8) is 0 Å². The molecule has 1 aliphatic heterocycles. The van der Waals surface area contributed by atoms with Crippen LogP contribution in [0, 0.1) is 0 Å². The number of benzene rings is 1. The SMILES string of the molecule is COc1ccc(C2CCCCN2)cc1OC1CCCC1. The van der Waals surface area contributed by atoms with E-state index in [4.69, 9.17) is 9.47 Å². The number of methoxy groups -OCH3 is 1. The Labute approximate surface area is 121 Å². The van der Waals surface area contributed by atoms with Gasteiger partial charge in [-0.25, -0.2) is 0 Å². The van der Waals surface area contributed by atoms with Crippen molar-refractivity contribution >= 4 is 0 Å². The van der Waals surface area contributed by atoms with Gasteiger partial charge in [-0.05, 0) is 62.8 Å². The summed E-state index contributed by atoms with van der Waals surface area (Å²) in [6.07, 6.45) is 9.12. The number of ether oxygens (including phenoxy) is 2. The maximum Gasteiger partial charge on any atom is 0.161 e. The molecule has 2 fully saturated rings. The highest BCUT2D eigenvalue weighted by molar-refractivity contribution is 5.44. The summed E-state index contributed by atoms with van der Waals surface area (Å²) in [5, 5.41) is 3.60. The Hall–Kier alpha value is -1.22. The van der Waals surface area contributed by atoms with Gasteiger partial charge in [0.05, 0.1) is 13.2 Å². The molecule has 110 valence electrons. The van der Waals surface area contributed by atoms with E-state index in [0.717, 1.165) is 18.0 Å². The molecule has 1 saturated heterocycles. The molecule has 0 radical (unpaired) electrons. The van der Waals surface area contributed by atoms with Crippen LogP contribution < -0.4 is 14.8 Å². The second kappa shape index (κ2) is 6.49. The fourth-order valence-electron chi connectivity index (χ4n) is 3.32. The van der Waals surface area contributed by atoms with Crippen LogP contribution in [-0.2, 0) is 0 Å². The van der Waals surface area contributed by atoms with Crippen LogP contribution in [0.1, 0.15) is 56.6 Å². The van der Waals surface area contributed by atoms with E-state index in [2.05, 4.69) is 23.5 Å². The minimum atomic E-state index is 0.374. The second-order valence-corrected chi connectivity index (χ2v) is 5.94. The lowest BCUT2D eigenvalue weighted by Gasteiger charge is -2.25. The normalized spacial score (nSPS) is 23.8. The molecule has 1 atom stereocenters. The minimum absolute atomic E-state index is 0.374. The van der Waals surface area contributed by atoms with E-state index >= 15 is 0 Å². The van der Waals surface area contributed by atoms with Gasteiger partial charge >= 0.3 is 0 Å². The van der Waals surface area contributed by atoms with Crippen LogP contribution in [-0.4, -0.2) is 19.8 Å². The first kappa shape index (κ1) is 13.7. The summed E-state index contributed by atoms with van der Waals surface area (Å²) >= 11 is 0. The van der Waals surface area contributed by atoms with Gasteiger partial charge in [0.1, 0.15) is 0 Å². The van der Waals surface area contributed by atoms with E-state index in [9.17, 15) is 0 Å². The Balaban J connectivity index is 1.78. The molecule has 1 unspecified atom stereocenters. The van der Waals surface area contributed by atoms with Crippen LogP contribution >= 0.6 is 0 Å². The van der Waals surface area contributed by atoms with Gasteiger partial charge in [0.15, 0.2) is 11.5 Å². The van der Waals surface area contributed by atoms with E-state index in [1.165, 1.54) is 50.5 Å². The van der Waals surface area contributed by atoms with E-state index < -0.39 is 0 Å². The van der Waals surface area contributed by atoms with Gasteiger partial charge in [-0.15, -0.1) is 0 Å². The molecule has 3 heteroatoms. The van der Waals surface area contributed by atoms with Crippen molar-refractivity contribution in [2.24, 2.45) is 0 Å². The van der Waals surface area contributed by atoms with E-state index in [0.29, 0.717) is 12.1 Å². The first-order valence-corrected chi connectivity index (χ1v) is 7.95. The third-order valence-corrected chi connectivity index (χ3v) is 4.50. The minimum Gasteiger partial charge on any atom is -0.493 e. The number of piperidine rings is 1. The summed E-state index contributed by atoms with van der Waals surface area (Å²) in [5.74, 6) is 1.78. The molecule has 0 aromatic heterocycles. The second-order valence-electron chi connectivity index (χ2n) is 5.94. The Kier molecular flexibility index (Phi) is 4.46. The molecule has 0 bridgehead atoms. The number of hydrogen-bond donors (Lipinski definition) is 1. The lowest BCUT2D eigenvalue weighted by atomic mass is 9.97. The van der Waals surface area contributed by atoms with Gasteiger partial charge in [-0.1, -0.05) is 12.5 Å². The summed E-state index contributed by atoms with van der Waals surface area (Å²) in [6, 6.07) is 6.87. The predicted molar refractivity (Wildman–Crippen MR) is 80.5 cm³/mol. The van der Waals surface area contributed by atoms with Crippen molar-refractivity contribution in [3.05, 3.63) is 23.8 Å². The molecule has 20 heavy (non-hydrogen) atoms. The van der Waals surface area contributed by atoms with E-state index in [1.54, 1.807) is 7.11 Å². The largest absolute Gasteiger partial charge is 0.493 e. The van der Waals surface area contributed by atoms with Crippen LogP contribution in [0.2, 0.25) is 0 Å². The average Bonchev–Trinajstić information content (AvgIpc) is 3.01. The molecule has 3 rings (SSSR count). The monoisotopic (exact) mass is 275 g/mol. The molecule has 1 saturated carbocycles. The van der Waals surface area contributed by atoms with Crippen molar-refractivity contribution in [2.75, 3.05) is 13.7 Å². The molecular weight excluding hydrogens is 250 g/mol. The van der Waals surface area contributed by atoms with Crippen LogP contribution in [0.4, 0.5) is 0 Å². The van der Waals surface area contributed by atoms with Gasteiger partial charge in [0.2, 0.25) is 0 Å². The van der Waals surface area contributed by atoms with E-state index in [1.807, 2.05) is 0 Å². The van der Waals surface area contributed by atoms with Crippen molar-refractivity contribution < 1.29 is 9.47 Å². The Morgan fingerprint density at radius 3 is 2.50 bits per heavy atom. The van der Waals surface area contributed by atoms with Gasteiger partial charge in [-0.3, -0.25) is 0 Å². The van der Waals surface area contributed by atoms with Crippen LogP contribution in [0.5, 0.6) is 11.5 Å². The zero-order valence-electron chi connectivity index (χ0n) is 12.4. The molecule has 1 heterocycles. The average molecular weight is 275 g/mol. The molecule has 2 aliphatic rings. The predicted octanol–water partition coefficient (Wildman–Crippen LogP) is 3.83. The lowest BCUT2D eigenvalue weighted by molar-refractivity contribution is 0.200. The molecule has 1 N–H and O–H groups in total. The first-order valence-electron chi connectivity index (χ1n) is 7.95. The molecular formula is C17H25NO2. The van der Waals surface area contributed by atoms with Crippen molar-refractivity contribution in [3.8, 4) is 11.5 Å². The molecule has 3 nitrogen and oxygen atoms in total. The van der Waals surface area contributed by atoms with Gasteiger partial charge in [-0.2, -0.15) is 0 Å². The summed E-state index contributed by atoms with van der Waals surface area (Å²) < 4.78 is 11.6. The lowest BCUT2D eigenvalue weighted by Crippen LogP contribution is -2.26. The zero-order valence-corrected chi connectivity index (χ0v) is 12.4. The van der Waals surface area contributed by atoms with Crippen molar-refractivity contribution in [1.29, 1.82) is 0 Å². The first-order chi connectivity index (χ1) is 9.86. The van der Waals surface area contributed by atoms with E-state index in [-0.39, 0.29) is 0 Å². The number of nitrogens with one attached hydrogen (secondary N) is 1. The van der Waals surface area contributed by atoms with Crippen molar-refractivity contribution in [1.82, 2.24) is 5.32 Å².